The molecule has 0 bridgehead atoms. The maximum Gasteiger partial charge on any atom is 0.257 e. The van der Waals surface area contributed by atoms with Crippen molar-refractivity contribution in [2.45, 2.75) is 26.4 Å². The van der Waals surface area contributed by atoms with Crippen LogP contribution in [0, 0.1) is 0 Å². The van der Waals surface area contributed by atoms with E-state index in [1.54, 1.807) is 41.8 Å². The number of ether oxygens (including phenoxy) is 4. The molecule has 1 aromatic heterocycles. The van der Waals surface area contributed by atoms with E-state index in [0.717, 1.165) is 0 Å². The lowest BCUT2D eigenvalue weighted by Gasteiger charge is -2.20. The Bertz CT molecular complexity index is 1360. The minimum atomic E-state index is -0.900. The zero-order valence-corrected chi connectivity index (χ0v) is 18.7. The van der Waals surface area contributed by atoms with Crippen molar-refractivity contribution in [1.29, 1.82) is 0 Å². The van der Waals surface area contributed by atoms with Crippen LogP contribution < -0.4 is 35.0 Å². The quantitative estimate of drug-likeness (QED) is 0.594. The van der Waals surface area contributed by atoms with Gasteiger partial charge in [-0.15, -0.1) is 0 Å². The summed E-state index contributed by atoms with van der Waals surface area (Å²) in [5.74, 6) is 1.07. The van der Waals surface area contributed by atoms with Crippen molar-refractivity contribution in [2.75, 3.05) is 25.3 Å². The van der Waals surface area contributed by atoms with Crippen molar-refractivity contribution in [3.63, 3.8) is 0 Å². The predicted octanol–water partition coefficient (Wildman–Crippen LogP) is 2.28. The van der Waals surface area contributed by atoms with Crippen LogP contribution in [0.25, 0.3) is 10.9 Å². The highest BCUT2D eigenvalue weighted by Crippen LogP contribution is 2.35. The van der Waals surface area contributed by atoms with Crippen LogP contribution in [0.5, 0.6) is 23.0 Å². The van der Waals surface area contributed by atoms with Crippen molar-refractivity contribution in [3.05, 3.63) is 52.3 Å². The van der Waals surface area contributed by atoms with Gasteiger partial charge in [0.15, 0.2) is 23.0 Å². The van der Waals surface area contributed by atoms with Crippen LogP contribution in [-0.4, -0.2) is 42.4 Å². The molecule has 2 aromatic carbocycles. The Hall–Kier alpha value is -4.21. The SMILES string of the molecule is CCn1cc(C(=O)N[C@@H](C)C(=O)Nc2ccc3c(c2)OCCO3)c(=O)c2cc3c(cc21)OCO3. The van der Waals surface area contributed by atoms with E-state index in [-0.39, 0.29) is 12.4 Å². The van der Waals surface area contributed by atoms with Gasteiger partial charge in [0.25, 0.3) is 5.91 Å². The topological polar surface area (TPSA) is 117 Å². The molecule has 0 radical (unpaired) electrons. The first kappa shape index (κ1) is 21.6. The Balaban J connectivity index is 1.35. The second-order valence-corrected chi connectivity index (χ2v) is 7.92. The van der Waals surface area contributed by atoms with E-state index in [9.17, 15) is 14.4 Å². The monoisotopic (exact) mass is 465 g/mol. The Morgan fingerprint density at radius 2 is 1.71 bits per heavy atom. The third-order valence-electron chi connectivity index (χ3n) is 5.71. The number of benzene rings is 2. The molecule has 2 amide bonds. The first-order valence-electron chi connectivity index (χ1n) is 10.9. The summed E-state index contributed by atoms with van der Waals surface area (Å²) in [5.41, 5.74) is 0.630. The van der Waals surface area contributed by atoms with Gasteiger partial charge in [0.1, 0.15) is 24.8 Å². The average Bonchev–Trinajstić information content (AvgIpc) is 3.30. The van der Waals surface area contributed by atoms with Crippen LogP contribution in [0.15, 0.2) is 41.3 Å². The van der Waals surface area contributed by atoms with Crippen molar-refractivity contribution in [2.24, 2.45) is 0 Å². The van der Waals surface area contributed by atoms with Crippen molar-refractivity contribution >= 4 is 28.4 Å². The molecule has 0 saturated heterocycles. The van der Waals surface area contributed by atoms with E-state index in [1.807, 2.05) is 6.92 Å². The molecular weight excluding hydrogens is 442 g/mol. The molecule has 2 N–H and O–H groups in total. The number of amides is 2. The molecule has 0 aliphatic carbocycles. The highest BCUT2D eigenvalue weighted by atomic mass is 16.7. The fourth-order valence-corrected chi connectivity index (χ4v) is 3.91. The number of carbonyl (C=O) groups is 2. The summed E-state index contributed by atoms with van der Waals surface area (Å²) in [6.07, 6.45) is 1.49. The fourth-order valence-electron chi connectivity index (χ4n) is 3.91. The molecule has 0 fully saturated rings. The molecule has 0 unspecified atom stereocenters. The number of aryl methyl sites for hydroxylation is 1. The second-order valence-electron chi connectivity index (χ2n) is 7.92. The number of nitrogens with zero attached hydrogens (tertiary/aromatic N) is 1. The van der Waals surface area contributed by atoms with Gasteiger partial charge in [0, 0.05) is 30.6 Å². The number of rotatable bonds is 5. The fraction of sp³-hybridized carbons (Fsp3) is 0.292. The minimum Gasteiger partial charge on any atom is -0.486 e. The molecule has 3 heterocycles. The minimum absolute atomic E-state index is 0.0628. The van der Waals surface area contributed by atoms with E-state index >= 15 is 0 Å². The van der Waals surface area contributed by atoms with E-state index < -0.39 is 23.3 Å². The third-order valence-corrected chi connectivity index (χ3v) is 5.71. The standard InChI is InChI=1S/C24H23N3O7/c1-3-27-11-16(22(28)15-9-20-21(10-17(15)27)34-12-33-20)24(30)25-13(2)23(29)26-14-4-5-18-19(8-14)32-7-6-31-18/h4-5,8-11,13H,3,6-7,12H2,1-2H3,(H,25,30)(H,26,29)/t13-/m0/s1. The zero-order valence-electron chi connectivity index (χ0n) is 18.7. The number of anilines is 1. The molecule has 0 saturated carbocycles. The normalized spacial score (nSPS) is 14.5. The Labute approximate surface area is 194 Å². The number of hydrogen-bond acceptors (Lipinski definition) is 7. The number of aromatic nitrogens is 1. The van der Waals surface area contributed by atoms with Crippen LogP contribution in [-0.2, 0) is 11.3 Å². The molecule has 1 atom stereocenters. The third kappa shape index (κ3) is 3.87. The largest absolute Gasteiger partial charge is 0.486 e. The predicted molar refractivity (Wildman–Crippen MR) is 123 cm³/mol. The summed E-state index contributed by atoms with van der Waals surface area (Å²) in [6.45, 7) is 4.95. The smallest absolute Gasteiger partial charge is 0.257 e. The van der Waals surface area contributed by atoms with Crippen molar-refractivity contribution in [3.8, 4) is 23.0 Å². The van der Waals surface area contributed by atoms with Crippen LogP contribution in [0.2, 0.25) is 0 Å². The van der Waals surface area contributed by atoms with Gasteiger partial charge in [0.2, 0.25) is 18.1 Å². The van der Waals surface area contributed by atoms with Gasteiger partial charge in [0.05, 0.1) is 10.9 Å². The van der Waals surface area contributed by atoms with Gasteiger partial charge in [-0.25, -0.2) is 0 Å². The molecule has 2 aliphatic heterocycles. The van der Waals surface area contributed by atoms with Gasteiger partial charge in [-0.3, -0.25) is 14.4 Å². The molecule has 5 rings (SSSR count). The van der Waals surface area contributed by atoms with Crippen LogP contribution in [0.1, 0.15) is 24.2 Å². The maximum atomic E-state index is 13.1. The first-order chi connectivity index (χ1) is 16.4. The number of pyridine rings is 1. The van der Waals surface area contributed by atoms with Crippen LogP contribution in [0.4, 0.5) is 5.69 Å². The second kappa shape index (κ2) is 8.62. The number of fused-ring (bicyclic) bond motifs is 3. The van der Waals surface area contributed by atoms with Gasteiger partial charge >= 0.3 is 0 Å². The van der Waals surface area contributed by atoms with Gasteiger partial charge in [-0.05, 0) is 32.0 Å². The molecule has 10 heteroatoms. The van der Waals surface area contributed by atoms with E-state index in [0.29, 0.717) is 59.3 Å². The van der Waals surface area contributed by atoms with Crippen LogP contribution in [0.3, 0.4) is 0 Å². The van der Waals surface area contributed by atoms with Crippen molar-refractivity contribution < 1.29 is 28.5 Å². The average molecular weight is 465 g/mol. The summed E-state index contributed by atoms with van der Waals surface area (Å²) in [4.78, 5) is 38.8. The molecule has 34 heavy (non-hydrogen) atoms. The summed E-state index contributed by atoms with van der Waals surface area (Å²) in [5, 5.41) is 5.69. The van der Waals surface area contributed by atoms with Gasteiger partial charge < -0.3 is 34.1 Å². The molecular formula is C24H23N3O7. The Morgan fingerprint density at radius 1 is 1.00 bits per heavy atom. The number of nitrogens with one attached hydrogen (secondary N) is 2. The molecule has 176 valence electrons. The van der Waals surface area contributed by atoms with E-state index in [2.05, 4.69) is 10.6 Å². The number of hydrogen-bond donors (Lipinski definition) is 2. The lowest BCUT2D eigenvalue weighted by molar-refractivity contribution is -0.117. The zero-order chi connectivity index (χ0) is 23.8. The lowest BCUT2D eigenvalue weighted by atomic mass is 10.1. The Morgan fingerprint density at radius 3 is 2.47 bits per heavy atom. The summed E-state index contributed by atoms with van der Waals surface area (Å²) in [7, 11) is 0. The maximum absolute atomic E-state index is 13.1. The van der Waals surface area contributed by atoms with Gasteiger partial charge in [-0.2, -0.15) is 0 Å². The summed E-state index contributed by atoms with van der Waals surface area (Å²) < 4.78 is 23.6. The highest BCUT2D eigenvalue weighted by Gasteiger charge is 2.23. The highest BCUT2D eigenvalue weighted by molar-refractivity contribution is 6.02. The molecule has 3 aromatic rings. The first-order valence-corrected chi connectivity index (χ1v) is 10.9. The molecule has 0 spiro atoms. The number of carbonyl (C=O) groups excluding carboxylic acids is 2. The van der Waals surface area contributed by atoms with E-state index in [4.69, 9.17) is 18.9 Å². The van der Waals surface area contributed by atoms with Gasteiger partial charge in [-0.1, -0.05) is 0 Å². The van der Waals surface area contributed by atoms with Crippen molar-refractivity contribution in [1.82, 2.24) is 9.88 Å². The van der Waals surface area contributed by atoms with E-state index in [1.165, 1.54) is 6.20 Å². The summed E-state index contributed by atoms with van der Waals surface area (Å²) in [6, 6.07) is 7.47. The summed E-state index contributed by atoms with van der Waals surface area (Å²) >= 11 is 0. The van der Waals surface area contributed by atoms with Crippen LogP contribution >= 0.6 is 0 Å². The Kier molecular flexibility index (Phi) is 5.48. The molecule has 2 aliphatic rings. The molecule has 10 nitrogen and oxygen atoms in total. The lowest BCUT2D eigenvalue weighted by Crippen LogP contribution is -2.43.